The van der Waals surface area contributed by atoms with Gasteiger partial charge in [0, 0.05) is 23.9 Å². The molecular formula is C19H24N2. The Balaban J connectivity index is 1.91. The molecule has 1 aromatic carbocycles. The molecule has 0 fully saturated rings. The Hall–Kier alpha value is -1.67. The molecule has 0 radical (unpaired) electrons. The second-order valence-electron chi connectivity index (χ2n) is 6.06. The first-order chi connectivity index (χ1) is 10.3. The van der Waals surface area contributed by atoms with Crippen LogP contribution in [0.5, 0.6) is 0 Å². The molecule has 1 aliphatic carbocycles. The van der Waals surface area contributed by atoms with Crippen LogP contribution in [0.3, 0.4) is 0 Å². The van der Waals surface area contributed by atoms with Crippen LogP contribution < -0.4 is 5.32 Å². The van der Waals surface area contributed by atoms with Crippen LogP contribution in [-0.2, 0) is 6.42 Å². The first kappa shape index (κ1) is 14.3. The van der Waals surface area contributed by atoms with E-state index in [-0.39, 0.29) is 0 Å². The molecule has 0 spiro atoms. The van der Waals surface area contributed by atoms with Gasteiger partial charge in [0.05, 0.1) is 0 Å². The van der Waals surface area contributed by atoms with Crippen molar-refractivity contribution in [2.45, 2.75) is 44.1 Å². The lowest BCUT2D eigenvalue weighted by Gasteiger charge is -2.35. The largest absolute Gasteiger partial charge is 0.316 e. The smallest absolute Gasteiger partial charge is 0.0482 e. The van der Waals surface area contributed by atoms with E-state index in [0.717, 1.165) is 0 Å². The lowest BCUT2D eigenvalue weighted by Crippen LogP contribution is -2.38. The van der Waals surface area contributed by atoms with Gasteiger partial charge in [-0.2, -0.15) is 0 Å². The zero-order valence-corrected chi connectivity index (χ0v) is 12.9. The predicted octanol–water partition coefficient (Wildman–Crippen LogP) is 3.89. The summed E-state index contributed by atoms with van der Waals surface area (Å²) in [5.74, 6) is 0.990. The summed E-state index contributed by atoms with van der Waals surface area (Å²) in [6.45, 7) is 2.33. The van der Waals surface area contributed by atoms with Gasteiger partial charge in [-0.1, -0.05) is 43.3 Å². The van der Waals surface area contributed by atoms with Gasteiger partial charge in [-0.3, -0.25) is 4.98 Å². The van der Waals surface area contributed by atoms with Crippen LogP contribution in [-0.4, -0.2) is 18.1 Å². The molecule has 2 aromatic rings. The average Bonchev–Trinajstić information content (AvgIpc) is 2.56. The van der Waals surface area contributed by atoms with E-state index in [4.69, 9.17) is 4.98 Å². The van der Waals surface area contributed by atoms with Crippen molar-refractivity contribution in [2.24, 2.45) is 0 Å². The van der Waals surface area contributed by atoms with E-state index in [1.165, 1.54) is 36.1 Å². The Morgan fingerprint density at radius 1 is 1.14 bits per heavy atom. The molecule has 2 nitrogen and oxygen atoms in total. The highest BCUT2D eigenvalue weighted by molar-refractivity contribution is 5.30. The number of likely N-dealkylation sites (N-methyl/N-ethyl adjacent to an activating group) is 1. The van der Waals surface area contributed by atoms with Gasteiger partial charge in [-0.25, -0.2) is 0 Å². The van der Waals surface area contributed by atoms with Crippen LogP contribution in [0.15, 0.2) is 48.7 Å². The normalized spacial score (nSPS) is 20.6. The van der Waals surface area contributed by atoms with Crippen molar-refractivity contribution in [3.63, 3.8) is 0 Å². The van der Waals surface area contributed by atoms with Crippen molar-refractivity contribution in [1.29, 1.82) is 0 Å². The van der Waals surface area contributed by atoms with Gasteiger partial charge in [0.2, 0.25) is 0 Å². The summed E-state index contributed by atoms with van der Waals surface area (Å²) in [4.78, 5) is 4.71. The van der Waals surface area contributed by atoms with Crippen LogP contribution in [0.4, 0.5) is 0 Å². The Kier molecular flexibility index (Phi) is 4.35. The number of aryl methyl sites for hydroxylation is 1. The third-order valence-corrected chi connectivity index (χ3v) is 4.87. The highest BCUT2D eigenvalue weighted by Crippen LogP contribution is 2.37. The van der Waals surface area contributed by atoms with E-state index in [9.17, 15) is 0 Å². The van der Waals surface area contributed by atoms with Crippen LogP contribution in [0.25, 0.3) is 0 Å². The van der Waals surface area contributed by atoms with Gasteiger partial charge >= 0.3 is 0 Å². The summed E-state index contributed by atoms with van der Waals surface area (Å²) in [5.41, 5.74) is 4.15. The highest BCUT2D eigenvalue weighted by atomic mass is 14.9. The molecule has 1 heterocycles. The van der Waals surface area contributed by atoms with Crippen LogP contribution in [0.1, 0.15) is 48.4 Å². The third-order valence-electron chi connectivity index (χ3n) is 4.87. The van der Waals surface area contributed by atoms with E-state index < -0.39 is 0 Å². The first-order valence-electron chi connectivity index (χ1n) is 7.97. The fourth-order valence-electron chi connectivity index (χ4n) is 3.76. The Morgan fingerprint density at radius 2 is 1.95 bits per heavy atom. The topological polar surface area (TPSA) is 24.9 Å². The molecule has 1 aliphatic rings. The summed E-state index contributed by atoms with van der Waals surface area (Å²) < 4.78 is 0. The fourth-order valence-corrected chi connectivity index (χ4v) is 3.76. The average molecular weight is 280 g/mol. The van der Waals surface area contributed by atoms with E-state index >= 15 is 0 Å². The Bertz CT molecular complexity index is 579. The molecule has 0 bridgehead atoms. The second-order valence-corrected chi connectivity index (χ2v) is 6.06. The van der Waals surface area contributed by atoms with Gasteiger partial charge in [0.15, 0.2) is 0 Å². The molecule has 0 saturated carbocycles. The van der Waals surface area contributed by atoms with Crippen molar-refractivity contribution >= 4 is 0 Å². The predicted molar refractivity (Wildman–Crippen MR) is 87.6 cm³/mol. The summed E-state index contributed by atoms with van der Waals surface area (Å²) in [7, 11) is 2.08. The monoisotopic (exact) mass is 280 g/mol. The molecule has 0 saturated heterocycles. The third kappa shape index (κ3) is 2.86. The van der Waals surface area contributed by atoms with Crippen LogP contribution in [0, 0.1) is 0 Å². The summed E-state index contributed by atoms with van der Waals surface area (Å²) in [5, 5.41) is 3.57. The molecule has 3 atom stereocenters. The summed E-state index contributed by atoms with van der Waals surface area (Å²) in [6, 6.07) is 15.6. The van der Waals surface area contributed by atoms with E-state index in [0.29, 0.717) is 17.9 Å². The Labute approximate surface area is 127 Å². The van der Waals surface area contributed by atoms with Crippen LogP contribution in [0.2, 0.25) is 0 Å². The van der Waals surface area contributed by atoms with Crippen molar-refractivity contribution in [1.82, 2.24) is 10.3 Å². The maximum Gasteiger partial charge on any atom is 0.0482 e. The molecule has 110 valence electrons. The first-order valence-corrected chi connectivity index (χ1v) is 7.97. The lowest BCUT2D eigenvalue weighted by molar-refractivity contribution is 0.365. The minimum absolute atomic E-state index is 0.432. The molecule has 2 heteroatoms. The standard InChI is InChI=1S/C19H24N2/c1-14(15-8-4-3-5-9-15)18(20-2)17-12-6-10-16-11-7-13-21-19(16)17/h3-5,7-9,11,13-14,17-18,20H,6,10,12H2,1-2H3. The number of pyridine rings is 1. The van der Waals surface area contributed by atoms with Crippen molar-refractivity contribution in [2.75, 3.05) is 7.05 Å². The summed E-state index contributed by atoms with van der Waals surface area (Å²) >= 11 is 0. The number of rotatable bonds is 4. The second kappa shape index (κ2) is 6.40. The minimum atomic E-state index is 0.432. The molecular weight excluding hydrogens is 256 g/mol. The number of benzene rings is 1. The van der Waals surface area contributed by atoms with Gasteiger partial charge < -0.3 is 5.32 Å². The van der Waals surface area contributed by atoms with Gasteiger partial charge in [0.1, 0.15) is 0 Å². The molecule has 1 aromatic heterocycles. The van der Waals surface area contributed by atoms with Crippen molar-refractivity contribution in [3.8, 4) is 0 Å². The quantitative estimate of drug-likeness (QED) is 0.919. The number of nitrogens with one attached hydrogen (secondary N) is 1. The van der Waals surface area contributed by atoms with Crippen molar-refractivity contribution < 1.29 is 0 Å². The maximum atomic E-state index is 4.71. The summed E-state index contributed by atoms with van der Waals surface area (Å²) in [6.07, 6.45) is 5.61. The molecule has 3 unspecified atom stereocenters. The fraction of sp³-hybridized carbons (Fsp3) is 0.421. The van der Waals surface area contributed by atoms with E-state index in [2.05, 4.69) is 61.8 Å². The molecule has 3 rings (SSSR count). The number of fused-ring (bicyclic) bond motifs is 1. The van der Waals surface area contributed by atoms with Gasteiger partial charge in [0.25, 0.3) is 0 Å². The lowest BCUT2D eigenvalue weighted by atomic mass is 9.76. The maximum absolute atomic E-state index is 4.71. The van der Waals surface area contributed by atoms with Crippen molar-refractivity contribution in [3.05, 3.63) is 65.5 Å². The molecule has 0 amide bonds. The van der Waals surface area contributed by atoms with Gasteiger partial charge in [-0.05, 0) is 49.4 Å². The number of hydrogen-bond donors (Lipinski definition) is 1. The number of nitrogens with zero attached hydrogens (tertiary/aromatic N) is 1. The van der Waals surface area contributed by atoms with E-state index in [1.54, 1.807) is 0 Å². The zero-order valence-electron chi connectivity index (χ0n) is 12.9. The Morgan fingerprint density at radius 3 is 2.71 bits per heavy atom. The highest BCUT2D eigenvalue weighted by Gasteiger charge is 2.31. The van der Waals surface area contributed by atoms with E-state index in [1.807, 2.05) is 6.20 Å². The molecule has 0 aliphatic heterocycles. The minimum Gasteiger partial charge on any atom is -0.316 e. The zero-order chi connectivity index (χ0) is 14.7. The SMILES string of the molecule is CNC(C(C)c1ccccc1)C1CCCc2cccnc21. The van der Waals surface area contributed by atoms with Crippen LogP contribution >= 0.6 is 0 Å². The molecule has 1 N–H and O–H groups in total. The molecule has 21 heavy (non-hydrogen) atoms. The number of aromatic nitrogens is 1. The van der Waals surface area contributed by atoms with Gasteiger partial charge in [-0.15, -0.1) is 0 Å². The number of hydrogen-bond acceptors (Lipinski definition) is 2.